The second kappa shape index (κ2) is 14.1. The monoisotopic (exact) mass is 627 g/mol. The number of nitrogens with zero attached hydrogens (tertiary/aromatic N) is 2. The molecule has 0 spiro atoms. The number of fused-ring (bicyclic) bond motifs is 1. The summed E-state index contributed by atoms with van der Waals surface area (Å²) in [6, 6.07) is 15.6. The van der Waals surface area contributed by atoms with Gasteiger partial charge in [-0.3, -0.25) is 19.0 Å². The van der Waals surface area contributed by atoms with E-state index in [-0.39, 0.29) is 35.2 Å². The zero-order valence-electron chi connectivity index (χ0n) is 23.3. The van der Waals surface area contributed by atoms with Crippen molar-refractivity contribution in [2.24, 2.45) is 5.14 Å². The zero-order chi connectivity index (χ0) is 30.3. The van der Waals surface area contributed by atoms with Gasteiger partial charge in [0.25, 0.3) is 5.56 Å². The summed E-state index contributed by atoms with van der Waals surface area (Å²) in [4.78, 5) is 43.7. The zero-order valence-corrected chi connectivity index (χ0v) is 25.8. The average molecular weight is 628 g/mol. The summed E-state index contributed by atoms with van der Waals surface area (Å²) < 4.78 is 24.9. The molecule has 0 saturated heterocycles. The lowest BCUT2D eigenvalue weighted by atomic mass is 10.1. The molecule has 1 unspecified atom stereocenters. The van der Waals surface area contributed by atoms with Crippen molar-refractivity contribution in [2.75, 3.05) is 11.9 Å². The fourth-order valence-electron chi connectivity index (χ4n) is 4.28. The highest BCUT2D eigenvalue weighted by molar-refractivity contribution is 8.00. The lowest BCUT2D eigenvalue weighted by Crippen LogP contribution is -2.29. The number of aromatic nitrogens is 2. The number of thiophene rings is 1. The largest absolute Gasteiger partial charge is 0.356 e. The molecule has 13 heteroatoms. The molecule has 10 nitrogen and oxygen atoms in total. The number of nitrogens with two attached hydrogens (primary N) is 1. The van der Waals surface area contributed by atoms with Crippen molar-refractivity contribution in [3.8, 4) is 0 Å². The molecule has 0 fully saturated rings. The van der Waals surface area contributed by atoms with Gasteiger partial charge in [-0.2, -0.15) is 0 Å². The number of rotatable bonds is 13. The van der Waals surface area contributed by atoms with Crippen LogP contribution in [0.2, 0.25) is 0 Å². The minimum Gasteiger partial charge on any atom is -0.356 e. The van der Waals surface area contributed by atoms with Crippen LogP contribution in [0, 0.1) is 6.92 Å². The van der Waals surface area contributed by atoms with Crippen LogP contribution in [0.25, 0.3) is 10.2 Å². The Labute approximate surface area is 252 Å². The van der Waals surface area contributed by atoms with Gasteiger partial charge in [0.1, 0.15) is 4.70 Å². The maximum atomic E-state index is 13.3. The van der Waals surface area contributed by atoms with E-state index in [0.717, 1.165) is 11.1 Å². The minimum atomic E-state index is -3.75. The fraction of sp³-hybridized carbons (Fsp3) is 0.310. The summed E-state index contributed by atoms with van der Waals surface area (Å²) in [7, 11) is -3.75. The Balaban J connectivity index is 1.37. The molecule has 222 valence electrons. The van der Waals surface area contributed by atoms with Crippen LogP contribution in [0.5, 0.6) is 0 Å². The Morgan fingerprint density at radius 2 is 1.90 bits per heavy atom. The molecule has 2 amide bonds. The van der Waals surface area contributed by atoms with Crippen molar-refractivity contribution in [3.63, 3.8) is 0 Å². The van der Waals surface area contributed by atoms with Gasteiger partial charge in [0.05, 0.1) is 15.7 Å². The molecule has 4 rings (SSSR count). The van der Waals surface area contributed by atoms with Gasteiger partial charge < -0.3 is 10.6 Å². The van der Waals surface area contributed by atoms with Gasteiger partial charge >= 0.3 is 0 Å². The van der Waals surface area contributed by atoms with E-state index in [2.05, 4.69) is 10.6 Å². The van der Waals surface area contributed by atoms with Crippen molar-refractivity contribution >= 4 is 60.8 Å². The highest BCUT2D eigenvalue weighted by Crippen LogP contribution is 2.27. The molecule has 0 aliphatic heterocycles. The van der Waals surface area contributed by atoms with E-state index >= 15 is 0 Å². The lowest BCUT2D eigenvalue weighted by molar-refractivity contribution is -0.121. The normalized spacial score (nSPS) is 12.3. The molecule has 1 atom stereocenters. The van der Waals surface area contributed by atoms with Crippen LogP contribution in [0.3, 0.4) is 0 Å². The van der Waals surface area contributed by atoms with E-state index < -0.39 is 15.3 Å². The first kappa shape index (κ1) is 31.4. The van der Waals surface area contributed by atoms with Crippen LogP contribution in [0.1, 0.15) is 37.3 Å². The van der Waals surface area contributed by atoms with Gasteiger partial charge in [-0.1, -0.05) is 43.0 Å². The Hall–Kier alpha value is -3.52. The van der Waals surface area contributed by atoms with Crippen LogP contribution >= 0.6 is 23.1 Å². The number of sulfonamides is 1. The number of aryl methyl sites for hydroxylation is 1. The van der Waals surface area contributed by atoms with Crippen molar-refractivity contribution in [2.45, 2.75) is 61.4 Å². The van der Waals surface area contributed by atoms with E-state index in [1.54, 1.807) is 22.8 Å². The average Bonchev–Trinajstić information content (AvgIpc) is 3.42. The van der Waals surface area contributed by atoms with Crippen LogP contribution in [-0.2, 0) is 32.6 Å². The molecule has 2 aromatic carbocycles. The number of carbonyl (C=O) groups excluding carboxylic acids is 2. The predicted octanol–water partition coefficient (Wildman–Crippen LogP) is 4.06. The van der Waals surface area contributed by atoms with E-state index in [0.29, 0.717) is 46.9 Å². The van der Waals surface area contributed by atoms with Crippen LogP contribution in [-0.4, -0.2) is 41.6 Å². The first-order valence-corrected chi connectivity index (χ1v) is 16.8. The van der Waals surface area contributed by atoms with Crippen LogP contribution < -0.4 is 21.3 Å². The standard InChI is InChI=1S/C29H33N5O5S3/c1-3-24(27(36)32-21-7-4-6-19(2)18-21)41-29-33-23-14-17-40-26(23)28(37)34(29)16-5-8-25(35)31-15-13-20-9-11-22(12-10-20)42(30,38)39/h4,6-7,9-12,14,17-18,24H,3,5,8,13,15-16H2,1-2H3,(H,31,35)(H,32,36)(H2,30,38,39). The molecule has 0 bridgehead atoms. The second-order valence-corrected chi connectivity index (χ2v) is 13.4. The molecule has 2 aromatic heterocycles. The topological polar surface area (TPSA) is 153 Å². The minimum absolute atomic E-state index is 0.0375. The molecule has 0 radical (unpaired) electrons. The fourth-order valence-corrected chi connectivity index (χ4v) is 6.62. The van der Waals surface area contributed by atoms with Crippen molar-refractivity contribution in [3.05, 3.63) is 81.5 Å². The molecule has 2 heterocycles. The quantitative estimate of drug-likeness (QED) is 0.149. The number of thioether (sulfide) groups is 1. The number of benzene rings is 2. The van der Waals surface area contributed by atoms with Crippen LogP contribution in [0.15, 0.2) is 74.8 Å². The molecule has 4 aromatic rings. The summed E-state index contributed by atoms with van der Waals surface area (Å²) in [5, 5.41) is 12.7. The summed E-state index contributed by atoms with van der Waals surface area (Å²) >= 11 is 2.57. The number of amides is 2. The molecule has 0 aliphatic rings. The SMILES string of the molecule is CCC(Sc1nc2ccsc2c(=O)n1CCCC(=O)NCCc1ccc(S(N)(=O)=O)cc1)C(=O)Nc1cccc(C)c1. The first-order valence-electron chi connectivity index (χ1n) is 13.5. The van der Waals surface area contributed by atoms with E-state index in [4.69, 9.17) is 10.1 Å². The van der Waals surface area contributed by atoms with E-state index in [9.17, 15) is 22.8 Å². The highest BCUT2D eigenvalue weighted by atomic mass is 32.2. The van der Waals surface area contributed by atoms with Crippen molar-refractivity contribution in [1.82, 2.24) is 14.9 Å². The number of carbonyl (C=O) groups is 2. The van der Waals surface area contributed by atoms with E-state index in [1.165, 1.54) is 35.2 Å². The molecule has 4 N–H and O–H groups in total. The first-order chi connectivity index (χ1) is 20.0. The molecule has 0 saturated carbocycles. The van der Waals surface area contributed by atoms with Gasteiger partial charge in [0, 0.05) is 25.2 Å². The molecular weight excluding hydrogens is 595 g/mol. The Bertz CT molecular complexity index is 1730. The number of hydrogen-bond donors (Lipinski definition) is 3. The van der Waals surface area contributed by atoms with Gasteiger partial charge in [-0.25, -0.2) is 18.5 Å². The Morgan fingerprint density at radius 3 is 2.60 bits per heavy atom. The molecule has 0 aliphatic carbocycles. The molecule has 42 heavy (non-hydrogen) atoms. The third-order valence-corrected chi connectivity index (χ3v) is 9.68. The van der Waals surface area contributed by atoms with Gasteiger partial charge in [-0.15, -0.1) is 11.3 Å². The summed E-state index contributed by atoms with van der Waals surface area (Å²) in [5.41, 5.74) is 3.02. The van der Waals surface area contributed by atoms with Crippen molar-refractivity contribution in [1.29, 1.82) is 0 Å². The predicted molar refractivity (Wildman–Crippen MR) is 167 cm³/mol. The maximum Gasteiger partial charge on any atom is 0.272 e. The van der Waals surface area contributed by atoms with Crippen LogP contribution in [0.4, 0.5) is 5.69 Å². The third-order valence-electron chi connectivity index (χ3n) is 6.50. The van der Waals surface area contributed by atoms with Gasteiger partial charge in [0.2, 0.25) is 21.8 Å². The lowest BCUT2D eigenvalue weighted by Gasteiger charge is -2.17. The highest BCUT2D eigenvalue weighted by Gasteiger charge is 2.22. The van der Waals surface area contributed by atoms with Gasteiger partial charge in [0.15, 0.2) is 5.16 Å². The number of anilines is 1. The third kappa shape index (κ3) is 8.28. The number of primary sulfonamides is 1. The Morgan fingerprint density at radius 1 is 1.14 bits per heavy atom. The summed E-state index contributed by atoms with van der Waals surface area (Å²) in [5.74, 6) is -0.328. The summed E-state index contributed by atoms with van der Waals surface area (Å²) in [6.45, 7) is 4.53. The molecular formula is C29H33N5O5S3. The number of nitrogens with one attached hydrogen (secondary N) is 2. The van der Waals surface area contributed by atoms with E-state index in [1.807, 2.05) is 43.5 Å². The second-order valence-electron chi connectivity index (χ2n) is 9.75. The summed E-state index contributed by atoms with van der Waals surface area (Å²) in [6.07, 6.45) is 1.67. The van der Waals surface area contributed by atoms with Crippen molar-refractivity contribution < 1.29 is 18.0 Å². The Kier molecular flexibility index (Phi) is 10.5. The maximum absolute atomic E-state index is 13.3. The smallest absolute Gasteiger partial charge is 0.272 e. The number of hydrogen-bond acceptors (Lipinski definition) is 8. The van der Waals surface area contributed by atoms with Gasteiger partial charge in [-0.05, 0) is 73.0 Å².